The Labute approximate surface area is 105 Å². The third-order valence-corrected chi connectivity index (χ3v) is 2.78. The van der Waals surface area contributed by atoms with Gasteiger partial charge in [-0.05, 0) is 36.2 Å². The number of anilines is 1. The van der Waals surface area contributed by atoms with Gasteiger partial charge in [-0.1, -0.05) is 6.07 Å². The van der Waals surface area contributed by atoms with Crippen molar-refractivity contribution < 1.29 is 9.53 Å². The Bertz CT molecular complexity index is 594. The molecule has 18 heavy (non-hydrogen) atoms. The lowest BCUT2D eigenvalue weighted by Gasteiger charge is -2.10. The van der Waals surface area contributed by atoms with Crippen LogP contribution < -0.4 is 5.73 Å². The Morgan fingerprint density at radius 1 is 1.28 bits per heavy atom. The van der Waals surface area contributed by atoms with Crippen LogP contribution in [0, 0.1) is 6.92 Å². The van der Waals surface area contributed by atoms with Crippen LogP contribution >= 0.6 is 0 Å². The molecule has 1 heterocycles. The van der Waals surface area contributed by atoms with E-state index in [-0.39, 0.29) is 0 Å². The molecule has 0 aliphatic heterocycles. The molecule has 0 aliphatic rings. The van der Waals surface area contributed by atoms with Crippen molar-refractivity contribution in [2.45, 2.75) is 6.92 Å². The lowest BCUT2D eigenvalue weighted by molar-refractivity contribution is 0.0601. The number of hydrogen-bond acceptors (Lipinski definition) is 4. The van der Waals surface area contributed by atoms with E-state index in [0.29, 0.717) is 11.3 Å². The highest BCUT2D eigenvalue weighted by molar-refractivity contribution is 5.98. The molecule has 1 aromatic heterocycles. The van der Waals surface area contributed by atoms with Crippen LogP contribution in [0.25, 0.3) is 11.1 Å². The van der Waals surface area contributed by atoms with Crippen LogP contribution in [0.4, 0.5) is 5.69 Å². The number of benzene rings is 1. The molecule has 2 rings (SSSR count). The van der Waals surface area contributed by atoms with Crippen LogP contribution in [0.3, 0.4) is 0 Å². The first-order valence-electron chi connectivity index (χ1n) is 5.52. The Kier molecular flexibility index (Phi) is 3.28. The average Bonchev–Trinajstić information content (AvgIpc) is 2.39. The zero-order valence-corrected chi connectivity index (χ0v) is 10.3. The van der Waals surface area contributed by atoms with Crippen molar-refractivity contribution in [2.75, 3.05) is 12.8 Å². The molecule has 2 N–H and O–H groups in total. The molecule has 92 valence electrons. The molecule has 0 unspecified atom stereocenters. The predicted octanol–water partition coefficient (Wildman–Crippen LogP) is 2.43. The second kappa shape index (κ2) is 4.87. The summed E-state index contributed by atoms with van der Waals surface area (Å²) in [5, 5.41) is 0. The largest absolute Gasteiger partial charge is 0.465 e. The van der Waals surface area contributed by atoms with E-state index >= 15 is 0 Å². The van der Waals surface area contributed by atoms with Gasteiger partial charge in [-0.2, -0.15) is 0 Å². The van der Waals surface area contributed by atoms with Crippen molar-refractivity contribution in [1.82, 2.24) is 4.98 Å². The molecule has 2 aromatic rings. The van der Waals surface area contributed by atoms with E-state index in [0.717, 1.165) is 16.7 Å². The van der Waals surface area contributed by atoms with Crippen molar-refractivity contribution >= 4 is 11.7 Å². The lowest BCUT2D eigenvalue weighted by Crippen LogP contribution is -2.05. The maximum atomic E-state index is 11.8. The van der Waals surface area contributed by atoms with E-state index in [1.807, 2.05) is 19.1 Å². The number of pyridine rings is 1. The summed E-state index contributed by atoms with van der Waals surface area (Å²) in [6, 6.07) is 7.08. The van der Waals surface area contributed by atoms with Gasteiger partial charge in [0.15, 0.2) is 0 Å². The average molecular weight is 242 g/mol. The predicted molar refractivity (Wildman–Crippen MR) is 70.2 cm³/mol. The zero-order chi connectivity index (χ0) is 13.1. The smallest absolute Gasteiger partial charge is 0.338 e. The Morgan fingerprint density at radius 2 is 2.06 bits per heavy atom. The maximum Gasteiger partial charge on any atom is 0.338 e. The van der Waals surface area contributed by atoms with Gasteiger partial charge in [0.25, 0.3) is 0 Å². The Morgan fingerprint density at radius 3 is 2.72 bits per heavy atom. The topological polar surface area (TPSA) is 65.2 Å². The fourth-order valence-electron chi connectivity index (χ4n) is 1.82. The minimum atomic E-state index is -0.402. The molecule has 0 bridgehead atoms. The summed E-state index contributed by atoms with van der Waals surface area (Å²) in [5.74, 6) is -0.402. The third-order valence-electron chi connectivity index (χ3n) is 2.78. The normalized spacial score (nSPS) is 10.1. The van der Waals surface area contributed by atoms with Gasteiger partial charge >= 0.3 is 5.97 Å². The first-order chi connectivity index (χ1) is 8.63. The highest BCUT2D eigenvalue weighted by Gasteiger charge is 2.15. The molecular formula is C14H14N2O2. The number of ether oxygens (including phenoxy) is 1. The monoisotopic (exact) mass is 242 g/mol. The molecule has 0 amide bonds. The Balaban J connectivity index is 2.64. The molecule has 4 heteroatoms. The van der Waals surface area contributed by atoms with Gasteiger partial charge in [-0.25, -0.2) is 4.79 Å². The van der Waals surface area contributed by atoms with Crippen molar-refractivity contribution in [1.29, 1.82) is 0 Å². The molecule has 0 spiro atoms. The van der Waals surface area contributed by atoms with E-state index in [4.69, 9.17) is 10.5 Å². The maximum absolute atomic E-state index is 11.8. The summed E-state index contributed by atoms with van der Waals surface area (Å²) in [6.07, 6.45) is 3.45. The van der Waals surface area contributed by atoms with Crippen LogP contribution in [0.15, 0.2) is 36.7 Å². The van der Waals surface area contributed by atoms with E-state index in [1.165, 1.54) is 7.11 Å². The summed E-state index contributed by atoms with van der Waals surface area (Å²) >= 11 is 0. The van der Waals surface area contributed by atoms with Crippen molar-refractivity contribution in [3.63, 3.8) is 0 Å². The quantitative estimate of drug-likeness (QED) is 0.648. The van der Waals surface area contributed by atoms with Crippen molar-refractivity contribution in [3.05, 3.63) is 47.8 Å². The number of aromatic nitrogens is 1. The number of rotatable bonds is 2. The van der Waals surface area contributed by atoms with Crippen LogP contribution in [-0.2, 0) is 4.74 Å². The van der Waals surface area contributed by atoms with Crippen LogP contribution in [0.2, 0.25) is 0 Å². The van der Waals surface area contributed by atoms with E-state index in [1.54, 1.807) is 24.5 Å². The highest BCUT2D eigenvalue weighted by atomic mass is 16.5. The van der Waals surface area contributed by atoms with Gasteiger partial charge in [-0.15, -0.1) is 0 Å². The van der Waals surface area contributed by atoms with Crippen molar-refractivity contribution in [2.24, 2.45) is 0 Å². The summed E-state index contributed by atoms with van der Waals surface area (Å²) in [7, 11) is 1.35. The number of nitrogens with zero attached hydrogens (tertiary/aromatic N) is 1. The number of nitrogen functional groups attached to an aromatic ring is 1. The van der Waals surface area contributed by atoms with Crippen molar-refractivity contribution in [3.8, 4) is 11.1 Å². The summed E-state index contributed by atoms with van der Waals surface area (Å²) in [4.78, 5) is 15.9. The van der Waals surface area contributed by atoms with Crippen LogP contribution in [0.5, 0.6) is 0 Å². The number of nitrogens with two attached hydrogens (primary N) is 1. The lowest BCUT2D eigenvalue weighted by atomic mass is 9.97. The number of carbonyl (C=O) groups excluding carboxylic acids is 1. The molecular weight excluding hydrogens is 228 g/mol. The molecule has 1 aromatic carbocycles. The standard InChI is InChI=1S/C14H14N2O2/c1-9-5-6-16-8-13(9)11-4-3-10(15)7-12(11)14(17)18-2/h3-8H,15H2,1-2H3. The fraction of sp³-hybridized carbons (Fsp3) is 0.143. The minimum absolute atomic E-state index is 0.402. The Hall–Kier alpha value is -2.36. The van der Waals surface area contributed by atoms with E-state index in [9.17, 15) is 4.79 Å². The molecule has 0 radical (unpaired) electrons. The molecule has 0 aliphatic carbocycles. The minimum Gasteiger partial charge on any atom is -0.465 e. The van der Waals surface area contributed by atoms with Gasteiger partial charge in [0, 0.05) is 23.6 Å². The molecule has 0 atom stereocenters. The van der Waals surface area contributed by atoms with Gasteiger partial charge in [0.2, 0.25) is 0 Å². The highest BCUT2D eigenvalue weighted by Crippen LogP contribution is 2.28. The second-order valence-electron chi connectivity index (χ2n) is 3.99. The fourth-order valence-corrected chi connectivity index (χ4v) is 1.82. The molecule has 0 fully saturated rings. The van der Waals surface area contributed by atoms with E-state index < -0.39 is 5.97 Å². The number of esters is 1. The van der Waals surface area contributed by atoms with Gasteiger partial charge < -0.3 is 10.5 Å². The summed E-state index contributed by atoms with van der Waals surface area (Å²) in [6.45, 7) is 1.97. The third kappa shape index (κ3) is 2.18. The first kappa shape index (κ1) is 12.1. The summed E-state index contributed by atoms with van der Waals surface area (Å²) in [5.41, 5.74) is 9.42. The summed E-state index contributed by atoms with van der Waals surface area (Å²) < 4.78 is 4.78. The van der Waals surface area contributed by atoms with Crippen LogP contribution in [0.1, 0.15) is 15.9 Å². The second-order valence-corrected chi connectivity index (χ2v) is 3.99. The van der Waals surface area contributed by atoms with E-state index in [2.05, 4.69) is 4.98 Å². The SMILES string of the molecule is COC(=O)c1cc(N)ccc1-c1cnccc1C. The van der Waals surface area contributed by atoms with Gasteiger partial charge in [-0.3, -0.25) is 4.98 Å². The number of hydrogen-bond donors (Lipinski definition) is 1. The number of methoxy groups -OCH3 is 1. The number of aryl methyl sites for hydroxylation is 1. The number of carbonyl (C=O) groups is 1. The molecule has 4 nitrogen and oxygen atoms in total. The zero-order valence-electron chi connectivity index (χ0n) is 10.3. The van der Waals surface area contributed by atoms with Crippen LogP contribution in [-0.4, -0.2) is 18.1 Å². The first-order valence-corrected chi connectivity index (χ1v) is 5.52. The molecule has 0 saturated carbocycles. The van der Waals surface area contributed by atoms with Gasteiger partial charge in [0.1, 0.15) is 0 Å². The van der Waals surface area contributed by atoms with Gasteiger partial charge in [0.05, 0.1) is 12.7 Å². The molecule has 0 saturated heterocycles.